The number of ether oxygens (including phenoxy) is 2. The van der Waals surface area contributed by atoms with Crippen LogP contribution in [0.1, 0.15) is 38.7 Å². The van der Waals surface area contributed by atoms with Crippen molar-refractivity contribution in [1.82, 2.24) is 15.2 Å². The van der Waals surface area contributed by atoms with Crippen LogP contribution in [0.15, 0.2) is 47.8 Å². The lowest BCUT2D eigenvalue weighted by Gasteiger charge is -2.37. The van der Waals surface area contributed by atoms with Crippen LogP contribution in [-0.2, 0) is 16.0 Å². The Balaban J connectivity index is 1.42. The summed E-state index contributed by atoms with van der Waals surface area (Å²) in [6.45, 7) is 7.55. The molecular formula is C28H35N5O3. The fraction of sp³-hybridized carbons (Fsp3) is 0.464. The quantitative estimate of drug-likeness (QED) is 0.474. The number of amidine groups is 1. The minimum atomic E-state index is 0.0520. The first kappa shape index (κ1) is 24.3. The second-order valence-electron chi connectivity index (χ2n) is 9.62. The van der Waals surface area contributed by atoms with Gasteiger partial charge in [0.1, 0.15) is 5.84 Å². The monoisotopic (exact) mass is 489 g/mol. The summed E-state index contributed by atoms with van der Waals surface area (Å²) in [5.74, 6) is 1.17. The summed E-state index contributed by atoms with van der Waals surface area (Å²) in [6, 6.07) is 10.7. The van der Waals surface area contributed by atoms with Crippen molar-refractivity contribution in [3.63, 3.8) is 0 Å². The van der Waals surface area contributed by atoms with Crippen molar-refractivity contribution in [2.45, 2.75) is 45.6 Å². The number of anilines is 1. The molecule has 4 heterocycles. The van der Waals surface area contributed by atoms with Gasteiger partial charge in [0.05, 0.1) is 25.8 Å². The highest BCUT2D eigenvalue weighted by Gasteiger charge is 2.30. The van der Waals surface area contributed by atoms with Crippen LogP contribution in [0.25, 0.3) is 11.1 Å². The van der Waals surface area contributed by atoms with E-state index in [1.54, 1.807) is 6.92 Å². The van der Waals surface area contributed by atoms with Crippen LogP contribution >= 0.6 is 0 Å². The van der Waals surface area contributed by atoms with E-state index in [1.807, 2.05) is 30.2 Å². The van der Waals surface area contributed by atoms with Crippen LogP contribution < -0.4 is 15.0 Å². The zero-order chi connectivity index (χ0) is 25.1. The lowest BCUT2D eigenvalue weighted by Crippen LogP contribution is -2.46. The number of nitrogens with zero attached hydrogens (tertiary/aromatic N) is 3. The third-order valence-electron chi connectivity index (χ3n) is 7.21. The Morgan fingerprint density at radius 1 is 1.22 bits per heavy atom. The number of benzene rings is 1. The van der Waals surface area contributed by atoms with E-state index < -0.39 is 0 Å². The predicted molar refractivity (Wildman–Crippen MR) is 140 cm³/mol. The van der Waals surface area contributed by atoms with E-state index in [1.165, 1.54) is 5.56 Å². The molecule has 8 heteroatoms. The number of hydrogen-bond donors (Lipinski definition) is 2. The molecule has 1 atom stereocenters. The van der Waals surface area contributed by atoms with Gasteiger partial charge in [0.15, 0.2) is 0 Å². The molecule has 1 aromatic carbocycles. The summed E-state index contributed by atoms with van der Waals surface area (Å²) in [6.07, 6.45) is 5.50. The molecule has 0 radical (unpaired) electrons. The molecule has 0 bridgehead atoms. The molecule has 1 amide bonds. The molecule has 0 saturated carbocycles. The summed E-state index contributed by atoms with van der Waals surface area (Å²) in [4.78, 5) is 20.6. The van der Waals surface area contributed by atoms with Gasteiger partial charge in [-0.3, -0.25) is 10.2 Å². The first-order chi connectivity index (χ1) is 17.5. The molecule has 36 heavy (non-hydrogen) atoms. The smallest absolute Gasteiger partial charge is 0.219 e. The maximum absolute atomic E-state index is 12.2. The van der Waals surface area contributed by atoms with Gasteiger partial charge in [-0.15, -0.1) is 0 Å². The van der Waals surface area contributed by atoms with Gasteiger partial charge >= 0.3 is 0 Å². The van der Waals surface area contributed by atoms with Crippen molar-refractivity contribution < 1.29 is 14.3 Å². The fourth-order valence-electron chi connectivity index (χ4n) is 5.26. The minimum Gasteiger partial charge on any atom is -0.478 e. The van der Waals surface area contributed by atoms with Gasteiger partial charge in [-0.05, 0) is 55.5 Å². The largest absolute Gasteiger partial charge is 0.478 e. The number of carbonyl (C=O) groups is 1. The topological polar surface area (TPSA) is 90.8 Å². The first-order valence-corrected chi connectivity index (χ1v) is 12.9. The van der Waals surface area contributed by atoms with E-state index in [0.29, 0.717) is 38.0 Å². The lowest BCUT2D eigenvalue weighted by atomic mass is 9.95. The molecule has 2 N–H and O–H groups in total. The van der Waals surface area contributed by atoms with E-state index in [2.05, 4.69) is 33.4 Å². The van der Waals surface area contributed by atoms with E-state index in [0.717, 1.165) is 66.9 Å². The minimum absolute atomic E-state index is 0.0520. The average molecular weight is 490 g/mol. The molecule has 0 aliphatic carbocycles. The molecule has 3 aliphatic rings. The Bertz CT molecular complexity index is 1150. The third-order valence-corrected chi connectivity index (χ3v) is 7.21. The Kier molecular flexibility index (Phi) is 7.23. The molecule has 2 aromatic rings. The fourth-order valence-corrected chi connectivity index (χ4v) is 5.26. The van der Waals surface area contributed by atoms with Gasteiger partial charge in [-0.1, -0.05) is 6.07 Å². The molecule has 3 aliphatic heterocycles. The zero-order valence-electron chi connectivity index (χ0n) is 21.2. The van der Waals surface area contributed by atoms with E-state index in [-0.39, 0.29) is 11.9 Å². The van der Waals surface area contributed by atoms with Crippen LogP contribution in [0.2, 0.25) is 0 Å². The van der Waals surface area contributed by atoms with E-state index in [9.17, 15) is 10.2 Å². The van der Waals surface area contributed by atoms with Crippen molar-refractivity contribution in [3.8, 4) is 17.0 Å². The third kappa shape index (κ3) is 5.09. The predicted octanol–water partition coefficient (Wildman–Crippen LogP) is 3.76. The Morgan fingerprint density at radius 2 is 2.08 bits per heavy atom. The highest BCUT2D eigenvalue weighted by Crippen LogP contribution is 2.34. The Labute approximate surface area is 212 Å². The van der Waals surface area contributed by atoms with Gasteiger partial charge in [-0.2, -0.15) is 0 Å². The molecule has 1 aromatic heterocycles. The number of fused-ring (bicyclic) bond motifs is 1. The zero-order valence-corrected chi connectivity index (χ0v) is 21.2. The van der Waals surface area contributed by atoms with Gasteiger partial charge < -0.3 is 24.6 Å². The number of hydrogen-bond acceptors (Lipinski definition) is 6. The number of amides is 1. The second kappa shape index (κ2) is 10.7. The summed E-state index contributed by atoms with van der Waals surface area (Å²) >= 11 is 0. The van der Waals surface area contributed by atoms with Crippen LogP contribution in [0.5, 0.6) is 5.88 Å². The summed E-state index contributed by atoms with van der Waals surface area (Å²) in [5.41, 5.74) is 6.46. The number of rotatable bonds is 6. The van der Waals surface area contributed by atoms with Crippen molar-refractivity contribution in [2.24, 2.45) is 0 Å². The lowest BCUT2D eigenvalue weighted by molar-refractivity contribution is -0.128. The summed E-state index contributed by atoms with van der Waals surface area (Å²) in [7, 11) is 0. The Hall–Kier alpha value is -3.39. The highest BCUT2D eigenvalue weighted by molar-refractivity contribution is 6.09. The van der Waals surface area contributed by atoms with E-state index >= 15 is 0 Å². The van der Waals surface area contributed by atoms with Crippen molar-refractivity contribution in [1.29, 1.82) is 5.41 Å². The molecule has 5 rings (SSSR count). The normalized spacial score (nSPS) is 19.8. The van der Waals surface area contributed by atoms with Crippen LogP contribution in [0.3, 0.4) is 0 Å². The number of aryl methyl sites for hydroxylation is 1. The van der Waals surface area contributed by atoms with Crippen molar-refractivity contribution >= 4 is 17.4 Å². The van der Waals surface area contributed by atoms with E-state index in [4.69, 9.17) is 9.47 Å². The van der Waals surface area contributed by atoms with Gasteiger partial charge in [-0.25, -0.2) is 4.98 Å². The SMILES string of the molecule is CCOc1ccc(-c2ccc3c(c2)CCCN3C(=N)C2=C(N[C@H]3CCOC3)CCN(C(C)=O)C2)cn1. The summed E-state index contributed by atoms with van der Waals surface area (Å²) < 4.78 is 11.0. The molecular weight excluding hydrogens is 454 g/mol. The molecule has 1 fully saturated rings. The molecule has 1 saturated heterocycles. The standard InChI is InChI=1S/C28H35N5O3/c1-3-36-27-9-7-22(16-30-27)20-6-8-26-21(15-20)5-4-12-33(26)28(29)24-17-32(19(2)34)13-10-25(24)31-23-11-14-35-18-23/h6-9,15-16,23,29,31H,3-5,10-14,17-18H2,1-2H3/t23-/m0/s1. The molecule has 8 nitrogen and oxygen atoms in total. The summed E-state index contributed by atoms with van der Waals surface area (Å²) in [5, 5.41) is 12.9. The maximum Gasteiger partial charge on any atom is 0.219 e. The second-order valence-corrected chi connectivity index (χ2v) is 9.62. The van der Waals surface area contributed by atoms with Crippen molar-refractivity contribution in [3.05, 3.63) is 53.4 Å². The number of aromatic nitrogens is 1. The van der Waals surface area contributed by atoms with Crippen LogP contribution in [0, 0.1) is 5.41 Å². The maximum atomic E-state index is 12.2. The van der Waals surface area contributed by atoms with Gasteiger partial charge in [0, 0.05) is 67.8 Å². The van der Waals surface area contributed by atoms with Gasteiger partial charge in [0.25, 0.3) is 0 Å². The molecule has 0 unspecified atom stereocenters. The average Bonchev–Trinajstić information content (AvgIpc) is 3.41. The number of nitrogens with one attached hydrogen (secondary N) is 2. The number of pyridine rings is 1. The Morgan fingerprint density at radius 3 is 2.81 bits per heavy atom. The van der Waals surface area contributed by atoms with Crippen LogP contribution in [0.4, 0.5) is 5.69 Å². The van der Waals surface area contributed by atoms with Crippen molar-refractivity contribution in [2.75, 3.05) is 44.4 Å². The molecule has 0 spiro atoms. The number of carbonyl (C=O) groups excluding carboxylic acids is 1. The van der Waals surface area contributed by atoms with Crippen LogP contribution in [-0.4, -0.2) is 67.1 Å². The highest BCUT2D eigenvalue weighted by atomic mass is 16.5. The van der Waals surface area contributed by atoms with Gasteiger partial charge in [0.2, 0.25) is 11.8 Å². The molecule has 190 valence electrons. The first-order valence-electron chi connectivity index (χ1n) is 12.9.